The normalized spacial score (nSPS) is 14.6. The first-order valence-electron chi connectivity index (χ1n) is 5.22. The lowest BCUT2D eigenvalue weighted by atomic mass is 10.1. The fourth-order valence-corrected chi connectivity index (χ4v) is 3.19. The fraction of sp³-hybridized carbons (Fsp3) is 0.857. The van der Waals surface area contributed by atoms with Crippen molar-refractivity contribution in [2.45, 2.75) is 18.9 Å². The Morgan fingerprint density at radius 3 is 1.79 bits per heavy atom. The molecule has 0 amide bonds. The third-order valence-electron chi connectivity index (χ3n) is 2.14. The van der Waals surface area contributed by atoms with Crippen molar-refractivity contribution in [2.75, 3.05) is 19.1 Å². The highest BCUT2D eigenvalue weighted by molar-refractivity contribution is 7.52. The van der Waals surface area contributed by atoms with Crippen LogP contribution in [0.15, 0.2) is 0 Å². The van der Waals surface area contributed by atoms with Gasteiger partial charge in [-0.25, -0.2) is 0 Å². The number of hydrogen-bond donors (Lipinski definition) is 6. The summed E-state index contributed by atoms with van der Waals surface area (Å²) in [5.74, 6) is -1.42. The van der Waals surface area contributed by atoms with Gasteiger partial charge in [0.05, 0.1) is 0 Å². The maximum Gasteiger partial charge on any atom is 0.339 e. The Bertz CT molecular complexity index is 367. The van der Waals surface area contributed by atoms with E-state index in [0.717, 1.165) is 0 Å². The van der Waals surface area contributed by atoms with Gasteiger partial charge >= 0.3 is 21.2 Å². The zero-order valence-corrected chi connectivity index (χ0v) is 11.8. The van der Waals surface area contributed by atoms with Gasteiger partial charge in [0.1, 0.15) is 18.6 Å². The minimum Gasteiger partial charge on any atom is -0.480 e. The minimum absolute atomic E-state index is 0.0637. The summed E-state index contributed by atoms with van der Waals surface area (Å²) in [5, 5.41) is 8.98. The Morgan fingerprint density at radius 1 is 1.11 bits per heavy atom. The smallest absolute Gasteiger partial charge is 0.339 e. The molecule has 0 fully saturated rings. The van der Waals surface area contributed by atoms with E-state index in [1.807, 2.05) is 0 Å². The first kappa shape index (κ1) is 18.7. The summed E-state index contributed by atoms with van der Waals surface area (Å²) >= 11 is 0. The number of hydrogen-bond acceptors (Lipinski definition) is 5. The van der Waals surface area contributed by atoms with Crippen molar-refractivity contribution >= 4 is 21.2 Å². The minimum atomic E-state index is -4.65. The molecule has 10 nitrogen and oxygen atoms in total. The lowest BCUT2D eigenvalue weighted by Crippen LogP contribution is -2.42. The number of carbonyl (C=O) groups is 1. The molecule has 0 saturated carbocycles. The third-order valence-corrected chi connectivity index (χ3v) is 3.60. The summed E-state index contributed by atoms with van der Waals surface area (Å²) in [4.78, 5) is 47.0. The van der Waals surface area contributed by atoms with E-state index in [-0.39, 0.29) is 19.4 Å². The van der Waals surface area contributed by atoms with Crippen LogP contribution in [-0.4, -0.2) is 60.7 Å². The Kier molecular flexibility index (Phi) is 7.34. The molecule has 0 aromatic carbocycles. The van der Waals surface area contributed by atoms with E-state index in [1.165, 1.54) is 0 Å². The molecular formula is C7H18N2O8P2. The monoisotopic (exact) mass is 320 g/mol. The molecule has 114 valence electrons. The van der Waals surface area contributed by atoms with Crippen LogP contribution >= 0.6 is 15.2 Å². The zero-order chi connectivity index (χ0) is 15.3. The van der Waals surface area contributed by atoms with Crippen molar-refractivity contribution in [3.8, 4) is 0 Å². The average molecular weight is 320 g/mol. The van der Waals surface area contributed by atoms with Gasteiger partial charge in [0.15, 0.2) is 0 Å². The summed E-state index contributed by atoms with van der Waals surface area (Å²) in [6, 6.07) is -1.41. The van der Waals surface area contributed by atoms with E-state index in [9.17, 15) is 13.9 Å². The second kappa shape index (κ2) is 7.47. The van der Waals surface area contributed by atoms with Crippen LogP contribution in [0.3, 0.4) is 0 Å². The third kappa shape index (κ3) is 9.26. The lowest BCUT2D eigenvalue weighted by Gasteiger charge is -2.28. The van der Waals surface area contributed by atoms with Gasteiger partial charge in [-0.1, -0.05) is 0 Å². The topological polar surface area (TPSA) is 182 Å². The molecule has 0 aromatic heterocycles. The van der Waals surface area contributed by atoms with Crippen molar-refractivity contribution in [3.05, 3.63) is 0 Å². The molecule has 0 bridgehead atoms. The molecule has 0 rings (SSSR count). The van der Waals surface area contributed by atoms with Crippen molar-refractivity contribution in [1.82, 2.24) is 4.90 Å². The van der Waals surface area contributed by atoms with Crippen LogP contribution in [0.2, 0.25) is 0 Å². The lowest BCUT2D eigenvalue weighted by molar-refractivity contribution is -0.142. The van der Waals surface area contributed by atoms with E-state index >= 15 is 0 Å². The largest absolute Gasteiger partial charge is 0.480 e. The second-order valence-corrected chi connectivity index (χ2v) is 7.21. The van der Waals surface area contributed by atoms with E-state index in [0.29, 0.717) is 4.90 Å². The highest BCUT2D eigenvalue weighted by Crippen LogP contribution is 2.42. The van der Waals surface area contributed by atoms with Crippen molar-refractivity contribution < 1.29 is 38.6 Å². The summed E-state index contributed by atoms with van der Waals surface area (Å²) in [7, 11) is -9.29. The average Bonchev–Trinajstić information content (AvgIpc) is 2.12. The van der Waals surface area contributed by atoms with Gasteiger partial charge in [-0.05, 0) is 19.4 Å². The molecular weight excluding hydrogens is 302 g/mol. The zero-order valence-electron chi connectivity index (χ0n) is 9.99. The molecule has 0 radical (unpaired) electrons. The summed E-state index contributed by atoms with van der Waals surface area (Å²) in [6.45, 7) is 0.156. The summed E-state index contributed by atoms with van der Waals surface area (Å²) in [5.41, 5.74) is 5.21. The molecule has 7 N–H and O–H groups in total. The Balaban J connectivity index is 5.09. The standard InChI is InChI=1S/C7H18N2O8P2/c8-3-1-2-6(7(10)11)9(4-18(12,13)14)5-19(15,16)17/h6H,1-5,8H2,(H,10,11)(H2,12,13,14)(H2,15,16,17)/t6-/m1/s1. The Morgan fingerprint density at radius 2 is 1.53 bits per heavy atom. The molecule has 0 saturated heterocycles. The molecule has 1 atom stereocenters. The predicted molar refractivity (Wildman–Crippen MR) is 65.4 cm³/mol. The molecule has 0 aliphatic rings. The first-order chi connectivity index (χ1) is 8.46. The maximum atomic E-state index is 11.0. The SMILES string of the molecule is NCCC[C@H](C(=O)O)N(CP(=O)(O)O)CP(=O)(O)O. The van der Waals surface area contributed by atoms with E-state index in [1.54, 1.807) is 0 Å². The van der Waals surface area contributed by atoms with Crippen LogP contribution in [-0.2, 0) is 13.9 Å². The van der Waals surface area contributed by atoms with Crippen LogP contribution in [0.5, 0.6) is 0 Å². The van der Waals surface area contributed by atoms with Gasteiger partial charge in [0, 0.05) is 0 Å². The van der Waals surface area contributed by atoms with Gasteiger partial charge in [0.2, 0.25) is 0 Å². The molecule has 0 unspecified atom stereocenters. The summed E-state index contributed by atoms with van der Waals surface area (Å²) < 4.78 is 21.8. The van der Waals surface area contributed by atoms with Gasteiger partial charge in [0.25, 0.3) is 0 Å². The fourth-order valence-electron chi connectivity index (χ4n) is 1.49. The van der Waals surface area contributed by atoms with Crippen LogP contribution in [0.25, 0.3) is 0 Å². The van der Waals surface area contributed by atoms with Crippen LogP contribution < -0.4 is 5.73 Å². The second-order valence-electron chi connectivity index (χ2n) is 3.99. The number of rotatable bonds is 9. The highest BCUT2D eigenvalue weighted by atomic mass is 31.2. The maximum absolute atomic E-state index is 11.0. The van der Waals surface area contributed by atoms with E-state index in [4.69, 9.17) is 30.4 Å². The Hall–Kier alpha value is -0.310. The summed E-state index contributed by atoms with van der Waals surface area (Å²) in [6.07, 6.45) is -1.90. The van der Waals surface area contributed by atoms with Crippen molar-refractivity contribution in [2.24, 2.45) is 5.73 Å². The molecule has 0 aromatic rings. The molecule has 0 aliphatic carbocycles. The van der Waals surface area contributed by atoms with Crippen molar-refractivity contribution in [3.63, 3.8) is 0 Å². The number of nitrogens with zero attached hydrogens (tertiary/aromatic N) is 1. The molecule has 0 spiro atoms. The van der Waals surface area contributed by atoms with Crippen LogP contribution in [0.1, 0.15) is 12.8 Å². The Labute approximate surface area is 109 Å². The number of nitrogens with two attached hydrogens (primary N) is 1. The predicted octanol–water partition coefficient (Wildman–Crippen LogP) is -1.25. The first-order valence-corrected chi connectivity index (χ1v) is 8.82. The molecule has 0 aliphatic heterocycles. The van der Waals surface area contributed by atoms with Gasteiger partial charge < -0.3 is 30.4 Å². The van der Waals surface area contributed by atoms with Gasteiger partial charge in [-0.2, -0.15) is 0 Å². The highest BCUT2D eigenvalue weighted by Gasteiger charge is 2.34. The van der Waals surface area contributed by atoms with E-state index < -0.39 is 39.8 Å². The van der Waals surface area contributed by atoms with Gasteiger partial charge in [-0.3, -0.25) is 18.8 Å². The molecule has 12 heteroatoms. The van der Waals surface area contributed by atoms with E-state index in [2.05, 4.69) is 0 Å². The molecule has 19 heavy (non-hydrogen) atoms. The number of carboxylic acids is 1. The number of carboxylic acid groups (broad SMARTS) is 1. The quantitative estimate of drug-likeness (QED) is 0.281. The van der Waals surface area contributed by atoms with Crippen LogP contribution in [0.4, 0.5) is 0 Å². The number of aliphatic carboxylic acids is 1. The van der Waals surface area contributed by atoms with Gasteiger partial charge in [-0.15, -0.1) is 0 Å². The van der Waals surface area contributed by atoms with Crippen molar-refractivity contribution in [1.29, 1.82) is 0 Å². The van der Waals surface area contributed by atoms with Crippen LogP contribution in [0, 0.1) is 0 Å². The molecule has 0 heterocycles.